The third-order valence-electron chi connectivity index (χ3n) is 3.97. The summed E-state index contributed by atoms with van der Waals surface area (Å²) in [7, 11) is -3.60. The maximum Gasteiger partial charge on any atom is 0.336 e. The molecule has 27 heavy (non-hydrogen) atoms. The summed E-state index contributed by atoms with van der Waals surface area (Å²) in [6.07, 6.45) is 1.60. The summed E-state index contributed by atoms with van der Waals surface area (Å²) in [6, 6.07) is 9.56. The molecule has 3 aromatic rings. The van der Waals surface area contributed by atoms with Gasteiger partial charge in [-0.2, -0.15) is 0 Å². The monoisotopic (exact) mass is 389 g/mol. The molecule has 0 fully saturated rings. The van der Waals surface area contributed by atoms with E-state index in [1.807, 2.05) is 6.92 Å². The lowest BCUT2D eigenvalue weighted by molar-refractivity contribution is -0.385. The summed E-state index contributed by atoms with van der Waals surface area (Å²) >= 11 is 0. The molecule has 0 saturated heterocycles. The molecule has 1 heterocycles. The zero-order chi connectivity index (χ0) is 19.8. The van der Waals surface area contributed by atoms with Gasteiger partial charge < -0.3 is 9.15 Å². The largest absolute Gasteiger partial charge is 0.450 e. The topological polar surface area (TPSA) is 117 Å². The molecule has 9 heteroatoms. The fourth-order valence-corrected chi connectivity index (χ4v) is 3.29. The molecule has 0 bridgehead atoms. The van der Waals surface area contributed by atoms with Gasteiger partial charge in [-0.1, -0.05) is 6.92 Å². The van der Waals surface area contributed by atoms with E-state index >= 15 is 0 Å². The van der Waals surface area contributed by atoms with Gasteiger partial charge in [-0.15, -0.1) is 0 Å². The number of rotatable bonds is 5. The van der Waals surface area contributed by atoms with Crippen molar-refractivity contribution < 1.29 is 22.5 Å². The number of hydrogen-bond donors (Lipinski definition) is 0. The van der Waals surface area contributed by atoms with Crippen molar-refractivity contribution >= 4 is 26.5 Å². The number of aryl methyl sites for hydroxylation is 1. The SMILES string of the molecule is CCc1cc(=O)oc2cc(Oc3ccc(S(C)(=O)=O)cc3[N+](=O)[O-])ccc12. The van der Waals surface area contributed by atoms with E-state index in [-0.39, 0.29) is 16.4 Å². The van der Waals surface area contributed by atoms with Crippen LogP contribution in [0.3, 0.4) is 0 Å². The molecule has 0 radical (unpaired) electrons. The summed E-state index contributed by atoms with van der Waals surface area (Å²) < 4.78 is 34.0. The van der Waals surface area contributed by atoms with Crippen molar-refractivity contribution in [3.63, 3.8) is 0 Å². The lowest BCUT2D eigenvalue weighted by atomic mass is 10.1. The second-order valence-corrected chi connectivity index (χ2v) is 7.88. The molecule has 0 unspecified atom stereocenters. The van der Waals surface area contributed by atoms with Crippen LogP contribution in [0.25, 0.3) is 11.0 Å². The molecule has 0 aliphatic rings. The molecule has 3 rings (SSSR count). The first-order chi connectivity index (χ1) is 12.7. The first kappa shape index (κ1) is 18.6. The average molecular weight is 389 g/mol. The van der Waals surface area contributed by atoms with Crippen LogP contribution in [0.15, 0.2) is 56.6 Å². The molecule has 0 atom stereocenters. The van der Waals surface area contributed by atoms with E-state index < -0.39 is 26.1 Å². The van der Waals surface area contributed by atoms with Crippen molar-refractivity contribution in [2.45, 2.75) is 18.2 Å². The third kappa shape index (κ3) is 3.82. The van der Waals surface area contributed by atoms with E-state index in [0.717, 1.165) is 23.3 Å². The van der Waals surface area contributed by atoms with Gasteiger partial charge in [0.15, 0.2) is 9.84 Å². The van der Waals surface area contributed by atoms with E-state index in [9.17, 15) is 23.3 Å². The maximum atomic E-state index is 11.7. The summed E-state index contributed by atoms with van der Waals surface area (Å²) in [5.74, 6) is 0.0925. The van der Waals surface area contributed by atoms with Crippen LogP contribution in [0.2, 0.25) is 0 Å². The van der Waals surface area contributed by atoms with Gasteiger partial charge in [0.05, 0.1) is 9.82 Å². The minimum absolute atomic E-state index is 0.124. The highest BCUT2D eigenvalue weighted by Crippen LogP contribution is 2.34. The van der Waals surface area contributed by atoms with E-state index in [1.54, 1.807) is 12.1 Å². The van der Waals surface area contributed by atoms with Gasteiger partial charge in [0, 0.05) is 29.8 Å². The Kier molecular flexibility index (Phi) is 4.71. The quantitative estimate of drug-likeness (QED) is 0.372. The molecular formula is C18H15NO7S. The van der Waals surface area contributed by atoms with Crippen LogP contribution in [0.4, 0.5) is 5.69 Å². The Morgan fingerprint density at radius 3 is 2.52 bits per heavy atom. The predicted octanol–water partition coefficient (Wildman–Crippen LogP) is 3.46. The maximum absolute atomic E-state index is 11.7. The van der Waals surface area contributed by atoms with Crippen molar-refractivity contribution in [2.75, 3.05) is 6.26 Å². The van der Waals surface area contributed by atoms with Crippen LogP contribution in [0, 0.1) is 10.1 Å². The highest BCUT2D eigenvalue weighted by Gasteiger charge is 2.20. The van der Waals surface area contributed by atoms with Gasteiger partial charge in [0.1, 0.15) is 11.3 Å². The standard InChI is InChI=1S/C18H15NO7S/c1-3-11-8-18(20)26-17-9-12(4-6-14(11)17)25-16-7-5-13(27(2,23)24)10-15(16)19(21)22/h4-10H,3H2,1-2H3. The minimum Gasteiger partial charge on any atom is -0.450 e. The molecule has 2 aromatic carbocycles. The molecule has 0 saturated carbocycles. The molecular weight excluding hydrogens is 374 g/mol. The highest BCUT2D eigenvalue weighted by molar-refractivity contribution is 7.90. The van der Waals surface area contributed by atoms with Crippen molar-refractivity contribution in [3.8, 4) is 11.5 Å². The number of fused-ring (bicyclic) bond motifs is 1. The lowest BCUT2D eigenvalue weighted by Gasteiger charge is -2.09. The highest BCUT2D eigenvalue weighted by atomic mass is 32.2. The first-order valence-electron chi connectivity index (χ1n) is 7.92. The molecule has 0 aliphatic heterocycles. The molecule has 140 valence electrons. The lowest BCUT2D eigenvalue weighted by Crippen LogP contribution is -2.01. The third-order valence-corrected chi connectivity index (χ3v) is 5.08. The van der Waals surface area contributed by atoms with Crippen LogP contribution >= 0.6 is 0 Å². The second kappa shape index (κ2) is 6.84. The number of nitrogens with zero attached hydrogens (tertiary/aromatic N) is 1. The van der Waals surface area contributed by atoms with Crippen molar-refractivity contribution in [1.82, 2.24) is 0 Å². The number of ether oxygens (including phenoxy) is 1. The van der Waals surface area contributed by atoms with E-state index in [0.29, 0.717) is 12.0 Å². The number of nitro benzene ring substituents is 1. The molecule has 0 N–H and O–H groups in total. The Balaban J connectivity index is 2.07. The summed E-state index contributed by atoms with van der Waals surface area (Å²) in [4.78, 5) is 22.1. The Bertz CT molecular complexity index is 1210. The van der Waals surface area contributed by atoms with Crippen LogP contribution < -0.4 is 10.4 Å². The smallest absolute Gasteiger partial charge is 0.336 e. The molecule has 0 amide bonds. The van der Waals surface area contributed by atoms with E-state index in [2.05, 4.69) is 0 Å². The predicted molar refractivity (Wildman–Crippen MR) is 98.1 cm³/mol. The Morgan fingerprint density at radius 2 is 1.89 bits per heavy atom. The summed E-state index contributed by atoms with van der Waals surface area (Å²) in [6.45, 7) is 1.91. The Morgan fingerprint density at radius 1 is 1.15 bits per heavy atom. The van der Waals surface area contributed by atoms with Gasteiger partial charge in [-0.25, -0.2) is 13.2 Å². The van der Waals surface area contributed by atoms with Crippen LogP contribution in [0.5, 0.6) is 11.5 Å². The van der Waals surface area contributed by atoms with Crippen LogP contribution in [-0.4, -0.2) is 19.6 Å². The van der Waals surface area contributed by atoms with Gasteiger partial charge in [-0.05, 0) is 36.2 Å². The average Bonchev–Trinajstić information content (AvgIpc) is 2.59. The molecule has 0 aliphatic carbocycles. The fourth-order valence-electron chi connectivity index (χ4n) is 2.65. The fraction of sp³-hybridized carbons (Fsp3) is 0.167. The Labute approximate surface area is 154 Å². The van der Waals surface area contributed by atoms with E-state index in [1.165, 1.54) is 24.3 Å². The number of sulfone groups is 1. The number of hydrogen-bond acceptors (Lipinski definition) is 7. The summed E-state index contributed by atoms with van der Waals surface area (Å²) in [5, 5.41) is 12.0. The van der Waals surface area contributed by atoms with Crippen molar-refractivity contribution in [3.05, 3.63) is 68.6 Å². The molecule has 0 spiro atoms. The van der Waals surface area contributed by atoms with Gasteiger partial charge in [-0.3, -0.25) is 10.1 Å². The van der Waals surface area contributed by atoms with Crippen molar-refractivity contribution in [1.29, 1.82) is 0 Å². The zero-order valence-corrected chi connectivity index (χ0v) is 15.3. The zero-order valence-electron chi connectivity index (χ0n) is 14.5. The second-order valence-electron chi connectivity index (χ2n) is 5.86. The Hall–Kier alpha value is -3.20. The van der Waals surface area contributed by atoms with Gasteiger partial charge in [0.25, 0.3) is 0 Å². The summed E-state index contributed by atoms with van der Waals surface area (Å²) in [5.41, 5.74) is 0.130. The number of nitro groups is 1. The van der Waals surface area contributed by atoms with Crippen molar-refractivity contribution in [2.24, 2.45) is 0 Å². The van der Waals surface area contributed by atoms with Gasteiger partial charge in [0.2, 0.25) is 5.75 Å². The minimum atomic E-state index is -3.60. The molecule has 1 aromatic heterocycles. The normalized spacial score (nSPS) is 11.5. The molecule has 8 nitrogen and oxygen atoms in total. The van der Waals surface area contributed by atoms with E-state index in [4.69, 9.17) is 9.15 Å². The van der Waals surface area contributed by atoms with Crippen LogP contribution in [0.1, 0.15) is 12.5 Å². The van der Waals surface area contributed by atoms with Gasteiger partial charge >= 0.3 is 11.3 Å². The van der Waals surface area contributed by atoms with Crippen LogP contribution in [-0.2, 0) is 16.3 Å². The number of benzene rings is 2. The first-order valence-corrected chi connectivity index (χ1v) is 9.81.